The van der Waals surface area contributed by atoms with Gasteiger partial charge in [0.25, 0.3) is 0 Å². The van der Waals surface area contributed by atoms with E-state index >= 15 is 0 Å². The van der Waals surface area contributed by atoms with Gasteiger partial charge in [-0.3, -0.25) is 0 Å². The third kappa shape index (κ3) is 3.80. The fraction of sp³-hybridized carbons (Fsp3) is 0.273. The summed E-state index contributed by atoms with van der Waals surface area (Å²) in [5.41, 5.74) is 2.40. The van der Waals surface area contributed by atoms with E-state index in [0.717, 1.165) is 0 Å². The lowest BCUT2D eigenvalue weighted by Gasteiger charge is -2.18. The van der Waals surface area contributed by atoms with Crippen LogP contribution in [0.1, 0.15) is 42.9 Å². The molecule has 0 radical (unpaired) electrons. The van der Waals surface area contributed by atoms with Gasteiger partial charge in [0, 0.05) is 7.11 Å². The van der Waals surface area contributed by atoms with Crippen molar-refractivity contribution in [3.8, 4) is 0 Å². The lowest BCUT2D eigenvalue weighted by Crippen LogP contribution is -2.03. The molecule has 0 spiro atoms. The Bertz CT molecular complexity index is 720. The summed E-state index contributed by atoms with van der Waals surface area (Å²) in [5, 5.41) is 2.50. The maximum atomic E-state index is 5.73. The minimum atomic E-state index is -0.0210. The van der Waals surface area contributed by atoms with Gasteiger partial charge in [-0.25, -0.2) is 0 Å². The van der Waals surface area contributed by atoms with Gasteiger partial charge >= 0.3 is 0 Å². The zero-order chi connectivity index (χ0) is 15.9. The molecule has 4 rings (SSSR count). The maximum absolute atomic E-state index is 5.73. The van der Waals surface area contributed by atoms with E-state index in [2.05, 4.69) is 54.6 Å². The molecule has 0 N–H and O–H groups in total. The first-order valence-electron chi connectivity index (χ1n) is 8.45. The highest BCUT2D eigenvalue weighted by molar-refractivity contribution is 5.86. The Hall–Kier alpha value is -2.12. The van der Waals surface area contributed by atoms with E-state index in [1.807, 2.05) is 18.2 Å². The number of hydrogen-bond donors (Lipinski definition) is 0. The van der Waals surface area contributed by atoms with Gasteiger partial charge < -0.3 is 4.74 Å². The second kappa shape index (κ2) is 7.94. The van der Waals surface area contributed by atoms with Crippen LogP contribution in [0.2, 0.25) is 0 Å². The SMILES string of the molecule is C1CCC1.COC(c1ccccc1)c1cccc2ccccc12. The molecule has 3 aromatic carbocycles. The molecule has 1 atom stereocenters. The predicted molar refractivity (Wildman–Crippen MR) is 97.7 cm³/mol. The summed E-state index contributed by atoms with van der Waals surface area (Å²) in [4.78, 5) is 0. The average Bonchev–Trinajstić information content (AvgIpc) is 2.55. The van der Waals surface area contributed by atoms with Crippen LogP contribution < -0.4 is 0 Å². The number of fused-ring (bicyclic) bond motifs is 1. The second-order valence-electron chi connectivity index (χ2n) is 6.01. The standard InChI is InChI=1S/C18H16O.C4H8/c1-19-18(15-9-3-2-4-10-15)17-13-7-11-14-8-5-6-12-16(14)17;1-2-4-3-1/h2-13,18H,1H3;1-4H2. The lowest BCUT2D eigenvalue weighted by atomic mass is 9.96. The van der Waals surface area contributed by atoms with Crippen LogP contribution in [0.3, 0.4) is 0 Å². The number of rotatable bonds is 3. The number of methoxy groups -OCH3 is 1. The van der Waals surface area contributed by atoms with Crippen LogP contribution in [0.25, 0.3) is 10.8 Å². The van der Waals surface area contributed by atoms with Crippen molar-refractivity contribution in [3.63, 3.8) is 0 Å². The molecule has 0 bridgehead atoms. The van der Waals surface area contributed by atoms with E-state index in [1.54, 1.807) is 7.11 Å². The molecule has 1 aliphatic carbocycles. The smallest absolute Gasteiger partial charge is 0.108 e. The molecule has 23 heavy (non-hydrogen) atoms. The normalized spacial score (nSPS) is 14.5. The highest BCUT2D eigenvalue weighted by Gasteiger charge is 2.15. The largest absolute Gasteiger partial charge is 0.372 e. The molecule has 0 amide bonds. The highest BCUT2D eigenvalue weighted by Crippen LogP contribution is 2.31. The second-order valence-corrected chi connectivity index (χ2v) is 6.01. The molecule has 3 aromatic rings. The van der Waals surface area contributed by atoms with Gasteiger partial charge in [0.15, 0.2) is 0 Å². The third-order valence-corrected chi connectivity index (χ3v) is 4.44. The molecule has 1 aliphatic rings. The Morgan fingerprint density at radius 3 is 1.96 bits per heavy atom. The molecule has 0 saturated heterocycles. The monoisotopic (exact) mass is 304 g/mol. The van der Waals surface area contributed by atoms with Gasteiger partial charge in [0.05, 0.1) is 0 Å². The van der Waals surface area contributed by atoms with E-state index in [-0.39, 0.29) is 6.10 Å². The molecule has 0 aromatic heterocycles. The fourth-order valence-corrected chi connectivity index (χ4v) is 2.80. The fourth-order valence-electron chi connectivity index (χ4n) is 2.80. The van der Waals surface area contributed by atoms with Crippen molar-refractivity contribution < 1.29 is 4.74 Å². The highest BCUT2D eigenvalue weighted by atomic mass is 16.5. The van der Waals surface area contributed by atoms with Gasteiger partial charge in [-0.15, -0.1) is 0 Å². The van der Waals surface area contributed by atoms with Crippen LogP contribution in [0.4, 0.5) is 0 Å². The first kappa shape index (κ1) is 15.8. The van der Waals surface area contributed by atoms with Gasteiger partial charge in [0.1, 0.15) is 6.10 Å². The van der Waals surface area contributed by atoms with Crippen LogP contribution in [0, 0.1) is 0 Å². The van der Waals surface area contributed by atoms with Crippen molar-refractivity contribution in [3.05, 3.63) is 83.9 Å². The molecule has 1 unspecified atom stereocenters. The van der Waals surface area contributed by atoms with E-state index in [9.17, 15) is 0 Å². The van der Waals surface area contributed by atoms with Crippen LogP contribution in [0.5, 0.6) is 0 Å². The predicted octanol–water partition coefficient (Wildman–Crippen LogP) is 6.14. The van der Waals surface area contributed by atoms with Gasteiger partial charge in [-0.1, -0.05) is 98.5 Å². The van der Waals surface area contributed by atoms with Crippen molar-refractivity contribution in [1.29, 1.82) is 0 Å². The topological polar surface area (TPSA) is 9.23 Å². The van der Waals surface area contributed by atoms with Gasteiger partial charge in [-0.05, 0) is 21.9 Å². The van der Waals surface area contributed by atoms with Crippen LogP contribution in [-0.4, -0.2) is 7.11 Å². The third-order valence-electron chi connectivity index (χ3n) is 4.44. The number of ether oxygens (including phenoxy) is 1. The first-order chi connectivity index (χ1) is 11.4. The van der Waals surface area contributed by atoms with Gasteiger partial charge in [0.2, 0.25) is 0 Å². The minimum absolute atomic E-state index is 0.0210. The summed E-state index contributed by atoms with van der Waals surface area (Å²) in [6.07, 6.45) is 5.98. The molecular formula is C22H24O. The molecule has 1 heteroatoms. The number of hydrogen-bond acceptors (Lipinski definition) is 1. The maximum Gasteiger partial charge on any atom is 0.108 e. The molecule has 0 heterocycles. The van der Waals surface area contributed by atoms with E-state index in [4.69, 9.17) is 4.74 Å². The summed E-state index contributed by atoms with van der Waals surface area (Å²) < 4.78 is 5.73. The molecule has 1 saturated carbocycles. The summed E-state index contributed by atoms with van der Waals surface area (Å²) >= 11 is 0. The zero-order valence-electron chi connectivity index (χ0n) is 13.7. The van der Waals surface area contributed by atoms with Crippen LogP contribution in [-0.2, 0) is 4.74 Å². The summed E-state index contributed by atoms with van der Waals surface area (Å²) in [5.74, 6) is 0. The summed E-state index contributed by atoms with van der Waals surface area (Å²) in [6, 6.07) is 25.1. The Morgan fingerprint density at radius 1 is 0.696 bits per heavy atom. The van der Waals surface area contributed by atoms with Crippen molar-refractivity contribution in [2.24, 2.45) is 0 Å². The Morgan fingerprint density at radius 2 is 1.30 bits per heavy atom. The molecule has 1 fully saturated rings. The molecular weight excluding hydrogens is 280 g/mol. The van der Waals surface area contributed by atoms with E-state index in [1.165, 1.54) is 47.6 Å². The Kier molecular flexibility index (Phi) is 5.44. The summed E-state index contributed by atoms with van der Waals surface area (Å²) in [7, 11) is 1.76. The van der Waals surface area contributed by atoms with Crippen molar-refractivity contribution in [2.75, 3.05) is 7.11 Å². The first-order valence-corrected chi connectivity index (χ1v) is 8.45. The lowest BCUT2D eigenvalue weighted by molar-refractivity contribution is 0.137. The summed E-state index contributed by atoms with van der Waals surface area (Å²) in [6.45, 7) is 0. The van der Waals surface area contributed by atoms with Crippen LogP contribution in [0.15, 0.2) is 72.8 Å². The Labute approximate surface area is 138 Å². The average molecular weight is 304 g/mol. The van der Waals surface area contributed by atoms with Crippen molar-refractivity contribution in [2.45, 2.75) is 31.8 Å². The van der Waals surface area contributed by atoms with Crippen LogP contribution >= 0.6 is 0 Å². The number of benzene rings is 3. The van der Waals surface area contributed by atoms with Gasteiger partial charge in [-0.2, -0.15) is 0 Å². The molecule has 0 aliphatic heterocycles. The van der Waals surface area contributed by atoms with E-state index < -0.39 is 0 Å². The van der Waals surface area contributed by atoms with E-state index in [0.29, 0.717) is 0 Å². The minimum Gasteiger partial charge on any atom is -0.372 e. The van der Waals surface area contributed by atoms with Crippen molar-refractivity contribution >= 4 is 10.8 Å². The quantitative estimate of drug-likeness (QED) is 0.565. The Balaban J connectivity index is 0.000000341. The molecule has 118 valence electrons. The van der Waals surface area contributed by atoms with Crippen molar-refractivity contribution in [1.82, 2.24) is 0 Å². The zero-order valence-corrected chi connectivity index (χ0v) is 13.7. The molecule has 1 nitrogen and oxygen atoms in total.